The summed E-state index contributed by atoms with van der Waals surface area (Å²) in [6.45, 7) is 3.95. The summed E-state index contributed by atoms with van der Waals surface area (Å²) in [6.07, 6.45) is 0. The van der Waals surface area contributed by atoms with Crippen molar-refractivity contribution in [3.63, 3.8) is 0 Å². The maximum atomic E-state index is 5.00. The van der Waals surface area contributed by atoms with Crippen molar-refractivity contribution in [1.29, 1.82) is 0 Å². The van der Waals surface area contributed by atoms with Crippen LogP contribution in [0, 0.1) is 13.8 Å². The third kappa shape index (κ3) is 1.40. The van der Waals surface area contributed by atoms with Crippen molar-refractivity contribution in [3.8, 4) is 10.7 Å². The Balaban J connectivity index is 2.59. The van der Waals surface area contributed by atoms with Gasteiger partial charge >= 0.3 is 0 Å². The Morgan fingerprint density at radius 1 is 1.29 bits per heavy atom. The van der Waals surface area contributed by atoms with Crippen LogP contribution in [0.5, 0.6) is 0 Å². The van der Waals surface area contributed by atoms with Gasteiger partial charge in [-0.2, -0.15) is 5.10 Å². The summed E-state index contributed by atoms with van der Waals surface area (Å²) < 4.78 is 1.80. The van der Waals surface area contributed by atoms with E-state index in [0.29, 0.717) is 5.16 Å². The van der Waals surface area contributed by atoms with E-state index in [4.69, 9.17) is 12.6 Å². The Kier molecular flexibility index (Phi) is 2.24. The molecule has 0 saturated carbocycles. The quantitative estimate of drug-likeness (QED) is 0.689. The van der Waals surface area contributed by atoms with Gasteiger partial charge in [-0.25, -0.2) is 4.98 Å². The summed E-state index contributed by atoms with van der Waals surface area (Å²) in [4.78, 5) is 5.39. The number of rotatable bonds is 1. The molecule has 0 N–H and O–H groups in total. The van der Waals surface area contributed by atoms with E-state index in [9.17, 15) is 0 Å². The summed E-state index contributed by atoms with van der Waals surface area (Å²) in [7, 11) is 1.87. The van der Waals surface area contributed by atoms with E-state index in [2.05, 4.69) is 15.2 Å². The van der Waals surface area contributed by atoms with Crippen molar-refractivity contribution in [3.05, 3.63) is 10.7 Å². The number of thiazole rings is 1. The van der Waals surface area contributed by atoms with Gasteiger partial charge in [0.15, 0.2) is 5.82 Å². The first-order chi connectivity index (χ1) is 6.59. The van der Waals surface area contributed by atoms with Crippen LogP contribution in [0.25, 0.3) is 10.7 Å². The third-order valence-corrected chi connectivity index (χ3v) is 3.37. The highest BCUT2D eigenvalue weighted by atomic mass is 32.1. The van der Waals surface area contributed by atoms with Gasteiger partial charge in [0, 0.05) is 12.2 Å². The molecule has 74 valence electrons. The second-order valence-electron chi connectivity index (χ2n) is 3.01. The van der Waals surface area contributed by atoms with E-state index in [1.807, 2.05) is 20.9 Å². The fraction of sp³-hybridized carbons (Fsp3) is 0.375. The molecule has 0 amide bonds. The topological polar surface area (TPSA) is 43.6 Å². The Hall–Kier alpha value is -1.01. The first-order valence-corrected chi connectivity index (χ1v) is 5.33. The first kappa shape index (κ1) is 9.54. The lowest BCUT2D eigenvalue weighted by molar-refractivity contribution is 0.797. The number of hydrogen-bond acceptors (Lipinski definition) is 5. The predicted molar refractivity (Wildman–Crippen MR) is 57.2 cm³/mol. The molecular weight excluding hydrogens is 216 g/mol. The minimum Gasteiger partial charge on any atom is -0.740 e. The second-order valence-corrected chi connectivity index (χ2v) is 4.58. The molecule has 0 atom stereocenters. The predicted octanol–water partition coefficient (Wildman–Crippen LogP) is 1.46. The Labute approximate surface area is 91.4 Å². The van der Waals surface area contributed by atoms with Crippen molar-refractivity contribution in [2.24, 2.45) is 7.05 Å². The van der Waals surface area contributed by atoms with E-state index < -0.39 is 0 Å². The van der Waals surface area contributed by atoms with Crippen LogP contribution in [0.15, 0.2) is 5.16 Å². The van der Waals surface area contributed by atoms with E-state index in [1.165, 1.54) is 0 Å². The molecule has 0 radical (unpaired) electrons. The molecule has 2 heterocycles. The number of aryl methyl sites for hydroxylation is 2. The first-order valence-electron chi connectivity index (χ1n) is 4.10. The molecule has 0 aliphatic carbocycles. The summed E-state index contributed by atoms with van der Waals surface area (Å²) >= 11 is 6.61. The van der Waals surface area contributed by atoms with Gasteiger partial charge in [-0.1, -0.05) is 0 Å². The molecule has 2 aromatic rings. The molecule has 4 nitrogen and oxygen atoms in total. The molecule has 0 aliphatic heterocycles. The van der Waals surface area contributed by atoms with E-state index in [0.717, 1.165) is 21.4 Å². The highest BCUT2D eigenvalue weighted by Gasteiger charge is 2.12. The van der Waals surface area contributed by atoms with E-state index in [1.54, 1.807) is 15.9 Å². The zero-order valence-electron chi connectivity index (χ0n) is 8.11. The number of hydrogen-bond donors (Lipinski definition) is 0. The van der Waals surface area contributed by atoms with Crippen LogP contribution in [-0.2, 0) is 19.7 Å². The maximum absolute atomic E-state index is 5.00. The van der Waals surface area contributed by atoms with Gasteiger partial charge in [0.2, 0.25) is 0 Å². The van der Waals surface area contributed by atoms with Crippen LogP contribution in [0.1, 0.15) is 10.7 Å². The van der Waals surface area contributed by atoms with Gasteiger partial charge in [-0.15, -0.1) is 16.4 Å². The van der Waals surface area contributed by atoms with Crippen LogP contribution in [-0.4, -0.2) is 19.7 Å². The number of aromatic nitrogens is 4. The van der Waals surface area contributed by atoms with E-state index in [-0.39, 0.29) is 0 Å². The molecule has 0 unspecified atom stereocenters. The van der Waals surface area contributed by atoms with Crippen LogP contribution in [0.2, 0.25) is 0 Å². The molecule has 0 fully saturated rings. The monoisotopic (exact) mass is 225 g/mol. The van der Waals surface area contributed by atoms with Gasteiger partial charge in [-0.05, 0) is 13.8 Å². The summed E-state index contributed by atoms with van der Waals surface area (Å²) in [5.74, 6) is 0.804. The Bertz CT molecular complexity index is 472. The van der Waals surface area contributed by atoms with Gasteiger partial charge in [0.05, 0.1) is 15.6 Å². The minimum absolute atomic E-state index is 0.505. The van der Waals surface area contributed by atoms with Crippen molar-refractivity contribution < 1.29 is 0 Å². The third-order valence-electron chi connectivity index (χ3n) is 1.94. The van der Waals surface area contributed by atoms with Crippen molar-refractivity contribution in [1.82, 2.24) is 19.7 Å². The maximum Gasteiger partial charge on any atom is 0.174 e. The molecule has 2 aromatic heterocycles. The summed E-state index contributed by atoms with van der Waals surface area (Å²) in [5.41, 5.74) is 0.984. The molecule has 0 aromatic carbocycles. The Morgan fingerprint density at radius 2 is 2.00 bits per heavy atom. The van der Waals surface area contributed by atoms with Gasteiger partial charge in [0.25, 0.3) is 0 Å². The van der Waals surface area contributed by atoms with Crippen molar-refractivity contribution >= 4 is 24.0 Å². The van der Waals surface area contributed by atoms with Gasteiger partial charge in [-0.3, -0.25) is 0 Å². The van der Waals surface area contributed by atoms with Crippen molar-refractivity contribution in [2.75, 3.05) is 0 Å². The van der Waals surface area contributed by atoms with Crippen molar-refractivity contribution in [2.45, 2.75) is 19.0 Å². The molecule has 0 spiro atoms. The van der Waals surface area contributed by atoms with Crippen LogP contribution < -0.4 is 0 Å². The molecule has 0 bridgehead atoms. The number of nitrogens with zero attached hydrogens (tertiary/aromatic N) is 4. The lowest BCUT2D eigenvalue weighted by Gasteiger charge is -2.04. The van der Waals surface area contributed by atoms with E-state index >= 15 is 0 Å². The normalized spacial score (nSPS) is 10.8. The SMILES string of the molecule is Cc1nc(C)c(-c2nnc([S-])n2C)s1. The highest BCUT2D eigenvalue weighted by molar-refractivity contribution is 7.58. The van der Waals surface area contributed by atoms with Crippen LogP contribution >= 0.6 is 11.3 Å². The fourth-order valence-corrected chi connectivity index (χ4v) is 2.32. The summed E-state index contributed by atoms with van der Waals surface area (Å²) in [5, 5.41) is 9.43. The lowest BCUT2D eigenvalue weighted by Crippen LogP contribution is -1.94. The van der Waals surface area contributed by atoms with Crippen LogP contribution in [0.4, 0.5) is 0 Å². The smallest absolute Gasteiger partial charge is 0.174 e. The molecular formula is C8H9N4S2-. The van der Waals surface area contributed by atoms with Gasteiger partial charge in [0.1, 0.15) is 0 Å². The van der Waals surface area contributed by atoms with Crippen LogP contribution in [0.3, 0.4) is 0 Å². The average molecular weight is 225 g/mol. The standard InChI is InChI=1S/C8H10N4S2/c1-4-6(14-5(2)9-4)7-10-11-8(13)12(7)3/h1-3H3,(H,11,13)/p-1. The summed E-state index contributed by atoms with van der Waals surface area (Å²) in [6, 6.07) is 0. The Morgan fingerprint density at radius 3 is 2.43 bits per heavy atom. The minimum atomic E-state index is 0.505. The highest BCUT2D eigenvalue weighted by Crippen LogP contribution is 2.27. The lowest BCUT2D eigenvalue weighted by atomic mass is 10.4. The fourth-order valence-electron chi connectivity index (χ4n) is 1.25. The van der Waals surface area contributed by atoms with Gasteiger partial charge < -0.3 is 17.2 Å². The molecule has 2 rings (SSSR count). The molecule has 0 aliphatic rings. The molecule has 6 heteroatoms. The molecule has 0 saturated heterocycles. The second kappa shape index (κ2) is 3.29. The zero-order chi connectivity index (χ0) is 10.3. The molecule has 14 heavy (non-hydrogen) atoms. The largest absolute Gasteiger partial charge is 0.740 e. The average Bonchev–Trinajstić information content (AvgIpc) is 2.59. The zero-order valence-corrected chi connectivity index (χ0v) is 9.74.